The Hall–Kier alpha value is -1.03. The Morgan fingerprint density at radius 1 is 1.00 bits per heavy atom. The molecule has 1 atom stereocenters. The second-order valence-corrected chi connectivity index (χ2v) is 4.81. The Kier molecular flexibility index (Phi) is 6.35. The molecule has 0 aromatic heterocycles. The van der Waals surface area contributed by atoms with Gasteiger partial charge in [0.25, 0.3) is 0 Å². The van der Waals surface area contributed by atoms with Crippen molar-refractivity contribution in [2.75, 3.05) is 6.54 Å². The molecule has 0 spiro atoms. The number of rotatable bonds is 7. The van der Waals surface area contributed by atoms with Crippen molar-refractivity contribution in [3.63, 3.8) is 0 Å². The molecular formula is C15H22F3N. The van der Waals surface area contributed by atoms with Gasteiger partial charge in [0.2, 0.25) is 0 Å². The smallest absolute Gasteiger partial charge is 0.194 e. The normalized spacial score (nSPS) is 13.0. The molecule has 0 aliphatic heterocycles. The van der Waals surface area contributed by atoms with Gasteiger partial charge < -0.3 is 5.32 Å². The molecule has 0 heterocycles. The highest BCUT2D eigenvalue weighted by Gasteiger charge is 2.22. The van der Waals surface area contributed by atoms with E-state index in [-0.39, 0.29) is 12.0 Å². The first kappa shape index (κ1) is 16.0. The summed E-state index contributed by atoms with van der Waals surface area (Å²) in [6.07, 6.45) is 2.74. The van der Waals surface area contributed by atoms with E-state index in [0.29, 0.717) is 5.56 Å². The minimum absolute atomic E-state index is 0.139. The minimum Gasteiger partial charge on any atom is -0.310 e. The summed E-state index contributed by atoms with van der Waals surface area (Å²) in [5.41, 5.74) is 0.485. The third kappa shape index (κ3) is 3.96. The van der Waals surface area contributed by atoms with Crippen LogP contribution in [0.4, 0.5) is 13.2 Å². The maximum absolute atomic E-state index is 13.4. The second kappa shape index (κ2) is 7.53. The fraction of sp³-hybridized carbons (Fsp3) is 0.600. The van der Waals surface area contributed by atoms with E-state index in [4.69, 9.17) is 0 Å². The first-order valence-corrected chi connectivity index (χ1v) is 6.92. The number of halogens is 3. The fourth-order valence-electron chi connectivity index (χ4n) is 2.37. The minimum atomic E-state index is -1.40. The lowest BCUT2D eigenvalue weighted by atomic mass is 9.88. The van der Waals surface area contributed by atoms with Crippen molar-refractivity contribution in [3.8, 4) is 0 Å². The largest absolute Gasteiger partial charge is 0.310 e. The van der Waals surface area contributed by atoms with Gasteiger partial charge in [-0.2, -0.15) is 0 Å². The van der Waals surface area contributed by atoms with Crippen molar-refractivity contribution >= 4 is 0 Å². The van der Waals surface area contributed by atoms with Crippen LogP contribution in [0.2, 0.25) is 0 Å². The van der Waals surface area contributed by atoms with Crippen LogP contribution in [0.25, 0.3) is 0 Å². The lowest BCUT2D eigenvalue weighted by Gasteiger charge is -2.27. The van der Waals surface area contributed by atoms with Crippen LogP contribution in [0, 0.1) is 23.4 Å². The third-order valence-corrected chi connectivity index (χ3v) is 3.50. The van der Waals surface area contributed by atoms with Crippen molar-refractivity contribution in [3.05, 3.63) is 35.1 Å². The summed E-state index contributed by atoms with van der Waals surface area (Å²) in [5.74, 6) is -3.37. The van der Waals surface area contributed by atoms with Crippen LogP contribution >= 0.6 is 0 Å². The highest BCUT2D eigenvalue weighted by molar-refractivity contribution is 5.23. The van der Waals surface area contributed by atoms with E-state index in [0.717, 1.165) is 37.9 Å². The highest BCUT2D eigenvalue weighted by Crippen LogP contribution is 2.29. The van der Waals surface area contributed by atoms with Crippen LogP contribution in [0.1, 0.15) is 51.6 Å². The van der Waals surface area contributed by atoms with Gasteiger partial charge in [-0.05, 0) is 36.6 Å². The average molecular weight is 273 g/mol. The average Bonchev–Trinajstić information content (AvgIpc) is 2.40. The summed E-state index contributed by atoms with van der Waals surface area (Å²) in [4.78, 5) is 0. The van der Waals surface area contributed by atoms with Crippen molar-refractivity contribution in [2.24, 2.45) is 5.92 Å². The molecular weight excluding hydrogens is 251 g/mol. The monoisotopic (exact) mass is 273 g/mol. The maximum atomic E-state index is 13.4. The Labute approximate surface area is 113 Å². The molecule has 0 fully saturated rings. The zero-order chi connectivity index (χ0) is 14.4. The van der Waals surface area contributed by atoms with Gasteiger partial charge in [0.05, 0.1) is 0 Å². The van der Waals surface area contributed by atoms with Crippen molar-refractivity contribution in [1.82, 2.24) is 5.32 Å². The maximum Gasteiger partial charge on any atom is 0.194 e. The van der Waals surface area contributed by atoms with Gasteiger partial charge in [-0.15, -0.1) is 0 Å². The molecule has 19 heavy (non-hydrogen) atoms. The Morgan fingerprint density at radius 2 is 1.53 bits per heavy atom. The van der Waals surface area contributed by atoms with E-state index in [1.54, 1.807) is 0 Å². The van der Waals surface area contributed by atoms with Crippen LogP contribution < -0.4 is 5.32 Å². The van der Waals surface area contributed by atoms with E-state index < -0.39 is 17.5 Å². The summed E-state index contributed by atoms with van der Waals surface area (Å²) in [6, 6.07) is 2.06. The summed E-state index contributed by atoms with van der Waals surface area (Å²) in [5, 5.41) is 3.31. The molecule has 1 aromatic rings. The molecule has 0 aliphatic rings. The molecule has 0 amide bonds. The predicted octanol–water partition coefficient (Wildman–Crippen LogP) is 4.58. The topological polar surface area (TPSA) is 12.0 Å². The molecule has 1 unspecified atom stereocenters. The van der Waals surface area contributed by atoms with Crippen LogP contribution in [0.15, 0.2) is 12.1 Å². The number of nitrogens with one attached hydrogen (secondary N) is 1. The standard InChI is InChI=1S/C15H22F3N/c1-4-7-19-15(10(5-2)6-3)11-8-12(16)14(18)13(17)9-11/h8-10,15,19H,4-7H2,1-3H3. The summed E-state index contributed by atoms with van der Waals surface area (Å²) in [7, 11) is 0. The molecule has 0 radical (unpaired) electrons. The molecule has 1 rings (SSSR count). The Bertz CT molecular complexity index is 379. The van der Waals surface area contributed by atoms with Crippen molar-refractivity contribution in [2.45, 2.75) is 46.1 Å². The molecule has 1 N–H and O–H groups in total. The molecule has 4 heteroatoms. The Balaban J connectivity index is 3.09. The molecule has 0 bridgehead atoms. The quantitative estimate of drug-likeness (QED) is 0.717. The summed E-state index contributed by atoms with van der Waals surface area (Å²) < 4.78 is 39.7. The predicted molar refractivity (Wildman–Crippen MR) is 71.4 cm³/mol. The van der Waals surface area contributed by atoms with E-state index in [1.807, 2.05) is 20.8 Å². The van der Waals surface area contributed by atoms with E-state index in [2.05, 4.69) is 5.32 Å². The van der Waals surface area contributed by atoms with E-state index in [9.17, 15) is 13.2 Å². The molecule has 1 aromatic carbocycles. The zero-order valence-corrected chi connectivity index (χ0v) is 11.8. The number of benzene rings is 1. The van der Waals surface area contributed by atoms with Crippen molar-refractivity contribution in [1.29, 1.82) is 0 Å². The summed E-state index contributed by atoms with van der Waals surface area (Å²) >= 11 is 0. The Morgan fingerprint density at radius 3 is 1.95 bits per heavy atom. The van der Waals surface area contributed by atoms with Gasteiger partial charge in [0.15, 0.2) is 17.5 Å². The van der Waals surface area contributed by atoms with Crippen LogP contribution in [0.3, 0.4) is 0 Å². The van der Waals surface area contributed by atoms with Gasteiger partial charge in [-0.1, -0.05) is 33.6 Å². The SMILES string of the molecule is CCCNC(c1cc(F)c(F)c(F)c1)C(CC)CC. The van der Waals surface area contributed by atoms with Gasteiger partial charge in [-0.3, -0.25) is 0 Å². The highest BCUT2D eigenvalue weighted by atomic mass is 19.2. The number of hydrogen-bond donors (Lipinski definition) is 1. The van der Waals surface area contributed by atoms with Gasteiger partial charge in [-0.25, -0.2) is 13.2 Å². The third-order valence-electron chi connectivity index (χ3n) is 3.50. The van der Waals surface area contributed by atoms with Gasteiger partial charge >= 0.3 is 0 Å². The first-order chi connectivity index (χ1) is 9.04. The first-order valence-electron chi connectivity index (χ1n) is 6.92. The molecule has 0 saturated carbocycles. The van der Waals surface area contributed by atoms with E-state index in [1.165, 1.54) is 0 Å². The van der Waals surface area contributed by atoms with Crippen molar-refractivity contribution < 1.29 is 13.2 Å². The van der Waals surface area contributed by atoms with Gasteiger partial charge in [0.1, 0.15) is 0 Å². The molecule has 0 aliphatic carbocycles. The molecule has 108 valence electrons. The lowest BCUT2D eigenvalue weighted by molar-refractivity contribution is 0.337. The molecule has 1 nitrogen and oxygen atoms in total. The van der Waals surface area contributed by atoms with E-state index >= 15 is 0 Å². The number of hydrogen-bond acceptors (Lipinski definition) is 1. The van der Waals surface area contributed by atoms with Crippen LogP contribution in [-0.2, 0) is 0 Å². The zero-order valence-electron chi connectivity index (χ0n) is 11.8. The second-order valence-electron chi connectivity index (χ2n) is 4.81. The fourth-order valence-corrected chi connectivity index (χ4v) is 2.37. The van der Waals surface area contributed by atoms with Crippen LogP contribution in [0.5, 0.6) is 0 Å². The summed E-state index contributed by atoms with van der Waals surface area (Å²) in [6.45, 7) is 6.89. The van der Waals surface area contributed by atoms with Crippen LogP contribution in [-0.4, -0.2) is 6.54 Å². The molecule has 0 saturated heterocycles. The van der Waals surface area contributed by atoms with Gasteiger partial charge in [0, 0.05) is 6.04 Å². The lowest BCUT2D eigenvalue weighted by Crippen LogP contribution is -2.29.